The molecule has 0 bridgehead atoms. The highest BCUT2D eigenvalue weighted by atomic mass is 79.9. The van der Waals surface area contributed by atoms with Gasteiger partial charge in [0.25, 0.3) is 0 Å². The molecule has 0 spiro atoms. The first-order chi connectivity index (χ1) is 12.6. The number of nitrogens with one attached hydrogen (secondary N) is 1. The van der Waals surface area contributed by atoms with Crippen molar-refractivity contribution in [3.8, 4) is 11.5 Å². The number of halogens is 1. The van der Waals surface area contributed by atoms with E-state index in [0.29, 0.717) is 6.42 Å². The Morgan fingerprint density at radius 3 is 2.50 bits per heavy atom. The summed E-state index contributed by atoms with van der Waals surface area (Å²) in [6.45, 7) is 0. The van der Waals surface area contributed by atoms with Crippen LogP contribution in [-0.2, 0) is 4.79 Å². The quantitative estimate of drug-likeness (QED) is 0.652. The molecule has 132 valence electrons. The van der Waals surface area contributed by atoms with Gasteiger partial charge < -0.3 is 14.8 Å². The van der Waals surface area contributed by atoms with Crippen molar-refractivity contribution in [2.24, 2.45) is 0 Å². The molecule has 1 N–H and O–H groups in total. The minimum atomic E-state index is -0.107. The van der Waals surface area contributed by atoms with Gasteiger partial charge in [-0.1, -0.05) is 40.2 Å². The van der Waals surface area contributed by atoms with Crippen LogP contribution in [-0.4, -0.2) is 20.1 Å². The lowest BCUT2D eigenvalue weighted by Gasteiger charge is -2.29. The zero-order chi connectivity index (χ0) is 18.3. The van der Waals surface area contributed by atoms with Crippen molar-refractivity contribution in [3.63, 3.8) is 0 Å². The van der Waals surface area contributed by atoms with Gasteiger partial charge in [-0.25, -0.2) is 0 Å². The first-order valence-corrected chi connectivity index (χ1v) is 9.14. The molecule has 26 heavy (non-hydrogen) atoms. The minimum absolute atomic E-state index is 0.000140. The Kier molecular flexibility index (Phi) is 4.32. The molecule has 0 fully saturated rings. The average Bonchev–Trinajstić information content (AvgIpc) is 2.68. The van der Waals surface area contributed by atoms with Gasteiger partial charge in [0.15, 0.2) is 0 Å². The van der Waals surface area contributed by atoms with E-state index in [-0.39, 0.29) is 11.8 Å². The van der Waals surface area contributed by atoms with Gasteiger partial charge >= 0.3 is 0 Å². The Hall–Kier alpha value is -2.53. The molecule has 1 amide bonds. The molecule has 1 atom stereocenters. The highest BCUT2D eigenvalue weighted by molar-refractivity contribution is 9.10. The van der Waals surface area contributed by atoms with Gasteiger partial charge in [-0.15, -0.1) is 0 Å². The summed E-state index contributed by atoms with van der Waals surface area (Å²) < 4.78 is 12.0. The predicted octanol–water partition coefficient (Wildman–Crippen LogP) is 5.09. The lowest BCUT2D eigenvalue weighted by molar-refractivity contribution is -0.116. The number of carbonyl (C=O) groups excluding carboxylic acids is 1. The summed E-state index contributed by atoms with van der Waals surface area (Å²) in [6.07, 6.45) is 0.362. The van der Waals surface area contributed by atoms with Gasteiger partial charge in [0.2, 0.25) is 5.91 Å². The van der Waals surface area contributed by atoms with Crippen molar-refractivity contribution in [3.05, 3.63) is 64.1 Å². The van der Waals surface area contributed by atoms with E-state index in [1.807, 2.05) is 42.5 Å². The fourth-order valence-corrected chi connectivity index (χ4v) is 4.23. The van der Waals surface area contributed by atoms with Crippen LogP contribution in [0.15, 0.2) is 53.0 Å². The van der Waals surface area contributed by atoms with Crippen LogP contribution in [0.1, 0.15) is 23.5 Å². The Morgan fingerprint density at radius 2 is 1.77 bits per heavy atom. The van der Waals surface area contributed by atoms with Gasteiger partial charge in [-0.2, -0.15) is 0 Å². The van der Waals surface area contributed by atoms with Crippen molar-refractivity contribution in [1.29, 1.82) is 0 Å². The van der Waals surface area contributed by atoms with Gasteiger partial charge in [-0.3, -0.25) is 4.79 Å². The Bertz CT molecular complexity index is 1020. The number of hydrogen-bond donors (Lipinski definition) is 1. The van der Waals surface area contributed by atoms with E-state index in [4.69, 9.17) is 9.47 Å². The molecule has 0 unspecified atom stereocenters. The van der Waals surface area contributed by atoms with Crippen LogP contribution < -0.4 is 14.8 Å². The molecule has 5 heteroatoms. The van der Waals surface area contributed by atoms with Gasteiger partial charge in [0.1, 0.15) is 11.5 Å². The molecule has 4 rings (SSSR count). The molecule has 3 aromatic rings. The van der Waals surface area contributed by atoms with E-state index < -0.39 is 0 Å². The number of methoxy groups -OCH3 is 2. The van der Waals surface area contributed by atoms with Gasteiger partial charge in [0.05, 0.1) is 19.9 Å². The SMILES string of the molecule is COc1ccc(OC)c([C@H]2CC(=O)Nc3c2cc(Br)c2ccccc32)c1. The van der Waals surface area contributed by atoms with Crippen molar-refractivity contribution >= 4 is 38.3 Å². The molecular formula is C21H18BrNO3. The Labute approximate surface area is 160 Å². The van der Waals surface area contributed by atoms with Crippen LogP contribution in [0, 0.1) is 0 Å². The molecule has 0 aliphatic carbocycles. The number of fused-ring (bicyclic) bond motifs is 3. The van der Waals surface area contributed by atoms with E-state index in [1.165, 1.54) is 0 Å². The second-order valence-electron chi connectivity index (χ2n) is 6.28. The number of anilines is 1. The van der Waals surface area contributed by atoms with E-state index in [1.54, 1.807) is 14.2 Å². The third-order valence-electron chi connectivity index (χ3n) is 4.87. The van der Waals surface area contributed by atoms with Gasteiger partial charge in [0, 0.05) is 27.8 Å². The van der Waals surface area contributed by atoms with Crippen LogP contribution in [0.3, 0.4) is 0 Å². The fraction of sp³-hybridized carbons (Fsp3) is 0.190. The number of carbonyl (C=O) groups is 1. The predicted molar refractivity (Wildman–Crippen MR) is 106 cm³/mol. The van der Waals surface area contributed by atoms with Crippen molar-refractivity contribution in [2.75, 3.05) is 19.5 Å². The zero-order valence-corrected chi connectivity index (χ0v) is 16.1. The van der Waals surface area contributed by atoms with Crippen LogP contribution in [0.4, 0.5) is 5.69 Å². The third-order valence-corrected chi connectivity index (χ3v) is 5.52. The number of rotatable bonds is 3. The second-order valence-corrected chi connectivity index (χ2v) is 7.14. The van der Waals surface area contributed by atoms with E-state index in [2.05, 4.69) is 27.3 Å². The Balaban J connectivity index is 1.98. The maximum Gasteiger partial charge on any atom is 0.225 e. The lowest BCUT2D eigenvalue weighted by atomic mass is 9.83. The van der Waals surface area contributed by atoms with Crippen LogP contribution in [0.2, 0.25) is 0 Å². The van der Waals surface area contributed by atoms with Crippen molar-refractivity contribution in [2.45, 2.75) is 12.3 Å². The number of benzene rings is 3. The summed E-state index contributed by atoms with van der Waals surface area (Å²) in [6, 6.07) is 15.9. The van der Waals surface area contributed by atoms with Crippen LogP contribution in [0.5, 0.6) is 11.5 Å². The number of ether oxygens (including phenoxy) is 2. The molecule has 1 aliphatic rings. The zero-order valence-electron chi connectivity index (χ0n) is 14.5. The summed E-state index contributed by atoms with van der Waals surface area (Å²) in [7, 11) is 3.28. The number of hydrogen-bond acceptors (Lipinski definition) is 3. The third kappa shape index (κ3) is 2.72. The van der Waals surface area contributed by atoms with Crippen molar-refractivity contribution < 1.29 is 14.3 Å². The molecule has 4 nitrogen and oxygen atoms in total. The van der Waals surface area contributed by atoms with Crippen LogP contribution in [0.25, 0.3) is 10.8 Å². The highest BCUT2D eigenvalue weighted by Gasteiger charge is 2.30. The Morgan fingerprint density at radius 1 is 1.00 bits per heavy atom. The second kappa shape index (κ2) is 6.65. The van der Waals surface area contributed by atoms with Crippen LogP contribution >= 0.6 is 15.9 Å². The van der Waals surface area contributed by atoms with Crippen molar-refractivity contribution in [1.82, 2.24) is 0 Å². The number of amides is 1. The topological polar surface area (TPSA) is 47.6 Å². The summed E-state index contributed by atoms with van der Waals surface area (Å²) in [5.74, 6) is 1.39. The van der Waals surface area contributed by atoms with E-state index in [0.717, 1.165) is 43.6 Å². The first-order valence-electron chi connectivity index (χ1n) is 8.35. The standard InChI is InChI=1S/C21H18BrNO3/c1-25-12-7-8-19(26-2)16(9-12)15-11-20(24)23-21-14-6-4-3-5-13(14)18(22)10-17(15)21/h3-10,15H,11H2,1-2H3,(H,23,24)/t15-/m1/s1. The molecule has 1 aliphatic heterocycles. The smallest absolute Gasteiger partial charge is 0.225 e. The minimum Gasteiger partial charge on any atom is -0.497 e. The molecule has 1 heterocycles. The lowest BCUT2D eigenvalue weighted by Crippen LogP contribution is -2.24. The first kappa shape index (κ1) is 16.9. The van der Waals surface area contributed by atoms with Gasteiger partial charge in [-0.05, 0) is 35.2 Å². The monoisotopic (exact) mass is 411 g/mol. The van der Waals surface area contributed by atoms with E-state index in [9.17, 15) is 4.79 Å². The summed E-state index contributed by atoms with van der Waals surface area (Å²) in [5, 5.41) is 5.16. The largest absolute Gasteiger partial charge is 0.497 e. The highest BCUT2D eigenvalue weighted by Crippen LogP contribution is 2.46. The molecule has 0 saturated heterocycles. The molecular weight excluding hydrogens is 394 g/mol. The van der Waals surface area contributed by atoms with E-state index >= 15 is 0 Å². The average molecular weight is 412 g/mol. The summed E-state index contributed by atoms with van der Waals surface area (Å²) in [4.78, 5) is 12.5. The maximum atomic E-state index is 12.5. The molecule has 0 radical (unpaired) electrons. The normalized spacial score (nSPS) is 16.1. The summed E-state index contributed by atoms with van der Waals surface area (Å²) in [5.41, 5.74) is 2.89. The molecule has 0 saturated carbocycles. The summed E-state index contributed by atoms with van der Waals surface area (Å²) >= 11 is 3.69. The maximum absolute atomic E-state index is 12.5. The molecule has 3 aromatic carbocycles. The molecule has 0 aromatic heterocycles. The fourth-order valence-electron chi connectivity index (χ4n) is 3.64.